The number of nitrogens with two attached hydrogens (primary N) is 1. The molecule has 8 heteroatoms. The fourth-order valence-corrected chi connectivity index (χ4v) is 2.91. The van der Waals surface area contributed by atoms with Crippen LogP contribution in [-0.4, -0.2) is 17.5 Å². The highest BCUT2D eigenvalue weighted by Gasteiger charge is 2.22. The molecule has 136 valence electrons. The van der Waals surface area contributed by atoms with Crippen molar-refractivity contribution in [3.63, 3.8) is 0 Å². The van der Waals surface area contributed by atoms with Crippen molar-refractivity contribution in [1.82, 2.24) is 10.3 Å². The van der Waals surface area contributed by atoms with Gasteiger partial charge >= 0.3 is 0 Å². The molecule has 1 fully saturated rings. The first-order valence-corrected chi connectivity index (χ1v) is 8.82. The Morgan fingerprint density at radius 1 is 1.52 bits per heavy atom. The van der Waals surface area contributed by atoms with Crippen molar-refractivity contribution in [2.24, 2.45) is 11.7 Å². The smallest absolute Gasteiger partial charge is 0.271 e. The zero-order valence-electron chi connectivity index (χ0n) is 13.8. The predicted molar refractivity (Wildman–Crippen MR) is 97.8 cm³/mol. The second-order valence-corrected chi connectivity index (χ2v) is 6.91. The van der Waals surface area contributed by atoms with Gasteiger partial charge in [0.05, 0.1) is 12.6 Å². The van der Waals surface area contributed by atoms with Crippen LogP contribution in [0.15, 0.2) is 23.6 Å². The fraction of sp³-hybridized carbons (Fsp3) is 0.412. The van der Waals surface area contributed by atoms with Crippen LogP contribution in [0.3, 0.4) is 0 Å². The summed E-state index contributed by atoms with van der Waals surface area (Å²) in [5.74, 6) is 0.122. The second-order valence-electron chi connectivity index (χ2n) is 5.97. The Hall–Kier alpha value is -1.70. The van der Waals surface area contributed by atoms with E-state index in [0.29, 0.717) is 35.3 Å². The van der Waals surface area contributed by atoms with Gasteiger partial charge in [-0.1, -0.05) is 6.07 Å². The summed E-state index contributed by atoms with van der Waals surface area (Å²) in [6.07, 6.45) is 2.32. The zero-order valence-corrected chi connectivity index (χ0v) is 15.5. The third kappa shape index (κ3) is 5.14. The number of hydrogen-bond donors (Lipinski definition) is 2. The Labute approximate surface area is 156 Å². The van der Waals surface area contributed by atoms with Gasteiger partial charge in [-0.2, -0.15) is 0 Å². The molecule has 0 aliphatic heterocycles. The van der Waals surface area contributed by atoms with Gasteiger partial charge in [0, 0.05) is 11.9 Å². The van der Waals surface area contributed by atoms with E-state index in [1.165, 1.54) is 17.4 Å². The molecule has 1 amide bonds. The number of nitrogens with zero attached hydrogens (tertiary/aromatic N) is 1. The molecule has 25 heavy (non-hydrogen) atoms. The minimum atomic E-state index is -0.409. The quantitative estimate of drug-likeness (QED) is 0.765. The van der Waals surface area contributed by atoms with E-state index in [0.717, 1.165) is 12.8 Å². The predicted octanol–water partition coefficient (Wildman–Crippen LogP) is 3.44. The van der Waals surface area contributed by atoms with E-state index >= 15 is 0 Å². The lowest BCUT2D eigenvalue weighted by molar-refractivity contribution is 0.0935. The first-order chi connectivity index (χ1) is 11.6. The van der Waals surface area contributed by atoms with Gasteiger partial charge < -0.3 is 15.8 Å². The molecule has 1 aliphatic rings. The topological polar surface area (TPSA) is 77.2 Å². The molecular formula is C17H21ClFN3O2S. The van der Waals surface area contributed by atoms with Crippen molar-refractivity contribution in [2.45, 2.75) is 32.4 Å². The average Bonchev–Trinajstić information content (AvgIpc) is 3.27. The number of thiazole rings is 1. The SMILES string of the molecule is CC(NC(=O)c1csc(CN)n1)c1ccc(OCC2CC2)c(F)c1.Cl. The van der Waals surface area contributed by atoms with Crippen LogP contribution < -0.4 is 15.8 Å². The van der Waals surface area contributed by atoms with E-state index < -0.39 is 5.82 Å². The number of halogens is 2. The van der Waals surface area contributed by atoms with Gasteiger partial charge in [-0.3, -0.25) is 4.79 Å². The maximum Gasteiger partial charge on any atom is 0.271 e. The molecule has 0 radical (unpaired) electrons. The first-order valence-electron chi connectivity index (χ1n) is 7.94. The minimum Gasteiger partial charge on any atom is -0.490 e. The van der Waals surface area contributed by atoms with E-state index in [4.69, 9.17) is 10.5 Å². The highest BCUT2D eigenvalue weighted by Crippen LogP contribution is 2.30. The van der Waals surface area contributed by atoms with Crippen LogP contribution in [0.4, 0.5) is 4.39 Å². The molecule has 3 N–H and O–H groups in total. The molecule has 1 heterocycles. The van der Waals surface area contributed by atoms with Gasteiger partial charge in [0.25, 0.3) is 5.91 Å². The number of ether oxygens (including phenoxy) is 1. The largest absolute Gasteiger partial charge is 0.490 e. The lowest BCUT2D eigenvalue weighted by atomic mass is 10.1. The summed E-state index contributed by atoms with van der Waals surface area (Å²) < 4.78 is 19.6. The molecule has 1 aliphatic carbocycles. The molecule has 2 aromatic rings. The van der Waals surface area contributed by atoms with Crippen molar-refractivity contribution in [3.8, 4) is 5.75 Å². The monoisotopic (exact) mass is 385 g/mol. The summed E-state index contributed by atoms with van der Waals surface area (Å²) >= 11 is 1.34. The van der Waals surface area contributed by atoms with Crippen molar-refractivity contribution in [3.05, 3.63) is 45.7 Å². The number of carbonyl (C=O) groups is 1. The third-order valence-corrected chi connectivity index (χ3v) is 4.81. The van der Waals surface area contributed by atoms with Gasteiger partial charge in [0.15, 0.2) is 11.6 Å². The lowest BCUT2D eigenvalue weighted by Gasteiger charge is -2.15. The number of rotatable bonds is 7. The molecule has 1 aromatic heterocycles. The fourth-order valence-electron chi connectivity index (χ4n) is 2.26. The normalized spacial score (nSPS) is 14.5. The standard InChI is InChI=1S/C17H20FN3O2S.ClH/c1-10(20-17(22)14-9-24-16(7-19)21-14)12-4-5-15(13(18)6-12)23-8-11-2-3-11;/h4-6,9-11H,2-3,7-8,19H2,1H3,(H,20,22);1H. The van der Waals surface area contributed by atoms with Crippen LogP contribution in [0, 0.1) is 11.7 Å². The van der Waals surface area contributed by atoms with Gasteiger partial charge in [-0.15, -0.1) is 23.7 Å². The summed E-state index contributed by atoms with van der Waals surface area (Å²) in [5.41, 5.74) is 6.50. The van der Waals surface area contributed by atoms with Crippen molar-refractivity contribution < 1.29 is 13.9 Å². The van der Waals surface area contributed by atoms with Gasteiger partial charge in [-0.25, -0.2) is 9.37 Å². The van der Waals surface area contributed by atoms with Gasteiger partial charge in [-0.05, 0) is 43.4 Å². The van der Waals surface area contributed by atoms with Gasteiger partial charge in [0.1, 0.15) is 10.7 Å². The number of aromatic nitrogens is 1. The van der Waals surface area contributed by atoms with Crippen LogP contribution in [0.2, 0.25) is 0 Å². The van der Waals surface area contributed by atoms with E-state index in [2.05, 4.69) is 10.3 Å². The molecule has 1 atom stereocenters. The first kappa shape index (κ1) is 19.6. The van der Waals surface area contributed by atoms with Crippen LogP contribution in [0.1, 0.15) is 46.9 Å². The summed E-state index contributed by atoms with van der Waals surface area (Å²) in [4.78, 5) is 16.3. The molecule has 0 saturated heterocycles. The number of benzene rings is 1. The molecule has 5 nitrogen and oxygen atoms in total. The van der Waals surface area contributed by atoms with Crippen molar-refractivity contribution in [2.75, 3.05) is 6.61 Å². The maximum atomic E-state index is 14.1. The summed E-state index contributed by atoms with van der Waals surface area (Å²) in [6, 6.07) is 4.44. The summed E-state index contributed by atoms with van der Waals surface area (Å²) in [5, 5.41) is 5.18. The van der Waals surface area contributed by atoms with E-state index in [-0.39, 0.29) is 30.1 Å². The number of amides is 1. The van der Waals surface area contributed by atoms with Crippen LogP contribution in [-0.2, 0) is 6.54 Å². The van der Waals surface area contributed by atoms with Crippen molar-refractivity contribution >= 4 is 29.7 Å². The Morgan fingerprint density at radius 3 is 2.88 bits per heavy atom. The zero-order chi connectivity index (χ0) is 17.1. The number of hydrogen-bond acceptors (Lipinski definition) is 5. The number of nitrogens with one attached hydrogen (secondary N) is 1. The van der Waals surface area contributed by atoms with E-state index in [9.17, 15) is 9.18 Å². The Balaban J connectivity index is 0.00000225. The van der Waals surface area contributed by atoms with E-state index in [1.54, 1.807) is 24.4 Å². The Morgan fingerprint density at radius 2 is 2.28 bits per heavy atom. The summed E-state index contributed by atoms with van der Waals surface area (Å²) in [7, 11) is 0. The Kier molecular flexibility index (Phi) is 6.75. The lowest BCUT2D eigenvalue weighted by Crippen LogP contribution is -2.27. The van der Waals surface area contributed by atoms with Crippen LogP contribution in [0.25, 0.3) is 0 Å². The molecule has 1 aromatic carbocycles. The number of carbonyl (C=O) groups excluding carboxylic acids is 1. The molecule has 1 unspecified atom stereocenters. The van der Waals surface area contributed by atoms with Crippen molar-refractivity contribution in [1.29, 1.82) is 0 Å². The van der Waals surface area contributed by atoms with Gasteiger partial charge in [0.2, 0.25) is 0 Å². The average molecular weight is 386 g/mol. The minimum absolute atomic E-state index is 0. The molecule has 0 spiro atoms. The molecular weight excluding hydrogens is 365 g/mol. The van der Waals surface area contributed by atoms with Crippen LogP contribution in [0.5, 0.6) is 5.75 Å². The second kappa shape index (κ2) is 8.60. The highest BCUT2D eigenvalue weighted by molar-refractivity contribution is 7.09. The molecule has 0 bridgehead atoms. The van der Waals surface area contributed by atoms with E-state index in [1.807, 2.05) is 0 Å². The molecule has 1 saturated carbocycles. The summed E-state index contributed by atoms with van der Waals surface area (Å²) in [6.45, 7) is 2.67. The van der Waals surface area contributed by atoms with Crippen LogP contribution >= 0.6 is 23.7 Å². The highest BCUT2D eigenvalue weighted by atomic mass is 35.5. The Bertz CT molecular complexity index is 736. The third-order valence-electron chi connectivity index (χ3n) is 3.93. The maximum absolute atomic E-state index is 14.1. The molecule has 3 rings (SSSR count).